The van der Waals surface area contributed by atoms with Gasteiger partial charge in [0.25, 0.3) is 5.91 Å². The van der Waals surface area contributed by atoms with Crippen molar-refractivity contribution in [3.63, 3.8) is 0 Å². The van der Waals surface area contributed by atoms with E-state index in [1.165, 1.54) is 11.9 Å². The molecule has 0 bridgehead atoms. The van der Waals surface area contributed by atoms with Gasteiger partial charge >= 0.3 is 0 Å². The van der Waals surface area contributed by atoms with Crippen LogP contribution in [0.2, 0.25) is 0 Å². The lowest BCUT2D eigenvalue weighted by molar-refractivity contribution is -0.113. The van der Waals surface area contributed by atoms with Crippen molar-refractivity contribution in [3.8, 4) is 11.5 Å². The summed E-state index contributed by atoms with van der Waals surface area (Å²) in [5, 5.41) is 10.7. The summed E-state index contributed by atoms with van der Waals surface area (Å²) in [4.78, 5) is 17.9. The zero-order valence-electron chi connectivity index (χ0n) is 21.3. The van der Waals surface area contributed by atoms with Gasteiger partial charge in [-0.05, 0) is 55.7 Å². The molecule has 1 aliphatic rings. The molecule has 0 saturated heterocycles. The number of para-hydroxylation sites is 1. The summed E-state index contributed by atoms with van der Waals surface area (Å²) in [7, 11) is 1.61. The maximum Gasteiger partial charge on any atom is 0.255 e. The molecule has 1 aromatic heterocycles. The quantitative estimate of drug-likeness (QED) is 0.356. The third-order valence-electron chi connectivity index (χ3n) is 6.45. The maximum atomic E-state index is 13.6. The molecule has 2 N–H and O–H groups in total. The minimum Gasteiger partial charge on any atom is -0.493 e. The van der Waals surface area contributed by atoms with E-state index in [9.17, 15) is 4.79 Å². The summed E-state index contributed by atoms with van der Waals surface area (Å²) < 4.78 is 13.5. The van der Waals surface area contributed by atoms with Crippen LogP contribution < -0.4 is 20.1 Å². The van der Waals surface area contributed by atoms with Crippen molar-refractivity contribution in [2.75, 3.05) is 17.7 Å². The number of aromatic nitrogens is 3. The van der Waals surface area contributed by atoms with Gasteiger partial charge in [0.2, 0.25) is 5.95 Å². The molecule has 5 rings (SSSR count). The Kier molecular flexibility index (Phi) is 6.64. The predicted molar refractivity (Wildman–Crippen MR) is 143 cm³/mol. The number of carbonyl (C=O) groups is 1. The van der Waals surface area contributed by atoms with Crippen molar-refractivity contribution in [1.29, 1.82) is 0 Å². The first kappa shape index (κ1) is 24.1. The van der Waals surface area contributed by atoms with Crippen LogP contribution in [-0.4, -0.2) is 27.8 Å². The van der Waals surface area contributed by atoms with Crippen molar-refractivity contribution >= 4 is 17.5 Å². The number of aryl methyl sites for hydroxylation is 2. The fourth-order valence-electron chi connectivity index (χ4n) is 4.41. The molecule has 37 heavy (non-hydrogen) atoms. The van der Waals surface area contributed by atoms with Crippen molar-refractivity contribution in [2.45, 2.75) is 33.4 Å². The Bertz CT molecular complexity index is 1470. The van der Waals surface area contributed by atoms with E-state index in [2.05, 4.69) is 39.8 Å². The maximum absolute atomic E-state index is 13.6. The Morgan fingerprint density at radius 2 is 1.81 bits per heavy atom. The van der Waals surface area contributed by atoms with Crippen LogP contribution in [0.5, 0.6) is 11.5 Å². The zero-order chi connectivity index (χ0) is 25.9. The highest BCUT2D eigenvalue weighted by Gasteiger charge is 2.34. The van der Waals surface area contributed by atoms with E-state index in [0.717, 1.165) is 22.4 Å². The van der Waals surface area contributed by atoms with Gasteiger partial charge in [-0.3, -0.25) is 4.79 Å². The number of methoxy groups -OCH3 is 1. The summed E-state index contributed by atoms with van der Waals surface area (Å²) >= 11 is 0. The molecule has 0 saturated carbocycles. The lowest BCUT2D eigenvalue weighted by Crippen LogP contribution is -2.31. The third-order valence-corrected chi connectivity index (χ3v) is 6.45. The predicted octanol–water partition coefficient (Wildman–Crippen LogP) is 5.41. The van der Waals surface area contributed by atoms with Crippen LogP contribution in [-0.2, 0) is 11.4 Å². The van der Waals surface area contributed by atoms with E-state index >= 15 is 0 Å². The molecule has 0 radical (unpaired) electrons. The molecular formula is C29H29N5O3. The van der Waals surface area contributed by atoms with Gasteiger partial charge in [-0.15, -0.1) is 0 Å². The number of hydrogen-bond donors (Lipinski definition) is 2. The molecule has 0 spiro atoms. The number of carbonyl (C=O) groups excluding carboxylic acids is 1. The summed E-state index contributed by atoms with van der Waals surface area (Å²) in [6.07, 6.45) is 1.47. The first-order chi connectivity index (χ1) is 17.9. The number of fused-ring (bicyclic) bond motifs is 1. The van der Waals surface area contributed by atoms with Gasteiger partial charge in [0.1, 0.15) is 19.0 Å². The number of rotatable bonds is 7. The first-order valence-electron chi connectivity index (χ1n) is 12.0. The lowest BCUT2D eigenvalue weighted by Gasteiger charge is -2.29. The second kappa shape index (κ2) is 10.2. The number of nitrogens with one attached hydrogen (secondary N) is 2. The van der Waals surface area contributed by atoms with Crippen molar-refractivity contribution < 1.29 is 14.3 Å². The topological polar surface area (TPSA) is 90.3 Å². The van der Waals surface area contributed by atoms with E-state index in [4.69, 9.17) is 9.47 Å². The van der Waals surface area contributed by atoms with Crippen LogP contribution in [0.25, 0.3) is 0 Å². The summed E-state index contributed by atoms with van der Waals surface area (Å²) in [5.74, 6) is 1.53. The molecule has 1 atom stereocenters. The normalized spacial score (nSPS) is 14.5. The molecule has 0 unspecified atom stereocenters. The average Bonchev–Trinajstić information content (AvgIpc) is 3.37. The van der Waals surface area contributed by atoms with Crippen LogP contribution >= 0.6 is 0 Å². The smallest absolute Gasteiger partial charge is 0.255 e. The highest BCUT2D eigenvalue weighted by molar-refractivity contribution is 6.06. The number of ether oxygens (including phenoxy) is 2. The summed E-state index contributed by atoms with van der Waals surface area (Å²) in [6, 6.07) is 21.1. The fraction of sp³-hybridized carbons (Fsp3) is 0.207. The van der Waals surface area contributed by atoms with Crippen LogP contribution in [0.1, 0.15) is 35.2 Å². The van der Waals surface area contributed by atoms with Crippen LogP contribution in [0.15, 0.2) is 84.3 Å². The summed E-state index contributed by atoms with van der Waals surface area (Å²) in [5.41, 5.74) is 6.07. The monoisotopic (exact) mass is 495 g/mol. The molecule has 8 nitrogen and oxygen atoms in total. The lowest BCUT2D eigenvalue weighted by atomic mass is 9.94. The Hall–Kier alpha value is -4.59. The second-order valence-corrected chi connectivity index (χ2v) is 9.05. The van der Waals surface area contributed by atoms with Crippen LogP contribution in [0.4, 0.5) is 11.6 Å². The van der Waals surface area contributed by atoms with Crippen molar-refractivity contribution in [2.24, 2.45) is 0 Å². The van der Waals surface area contributed by atoms with E-state index in [1.807, 2.05) is 68.4 Å². The highest BCUT2D eigenvalue weighted by Crippen LogP contribution is 2.39. The first-order valence-corrected chi connectivity index (χ1v) is 12.0. The minimum atomic E-state index is -0.511. The molecule has 8 heteroatoms. The van der Waals surface area contributed by atoms with Gasteiger partial charge < -0.3 is 20.1 Å². The Morgan fingerprint density at radius 1 is 1.03 bits per heavy atom. The Balaban J connectivity index is 1.47. The zero-order valence-corrected chi connectivity index (χ0v) is 21.3. The minimum absolute atomic E-state index is 0.218. The number of amides is 1. The van der Waals surface area contributed by atoms with Gasteiger partial charge in [0.15, 0.2) is 11.5 Å². The fourth-order valence-corrected chi connectivity index (χ4v) is 4.41. The van der Waals surface area contributed by atoms with Gasteiger partial charge in [-0.2, -0.15) is 10.1 Å². The molecule has 1 aliphatic heterocycles. The third kappa shape index (κ3) is 4.91. The molecule has 4 aromatic rings. The number of allylic oxidation sites excluding steroid dienone is 1. The standard InChI is InChI=1S/C29H29N5O3/c1-18-9-11-21(12-10-18)16-37-24-14-13-22(15-25(24)36-4)27-26(20(3)32-29-30-17-31-34(27)29)28(35)33-23-8-6-5-7-19(23)2/h5-15,17,27H,16H2,1-4H3,(H,33,35)(H,30,31,32)/t27-/m0/s1. The Labute approximate surface area is 216 Å². The number of anilines is 2. The molecule has 1 amide bonds. The molecule has 188 valence electrons. The molecule has 0 aliphatic carbocycles. The van der Waals surface area contributed by atoms with Gasteiger partial charge in [-0.25, -0.2) is 4.68 Å². The second-order valence-electron chi connectivity index (χ2n) is 9.05. The van der Waals surface area contributed by atoms with Gasteiger partial charge in [-0.1, -0.05) is 54.1 Å². The number of nitrogens with zero attached hydrogens (tertiary/aromatic N) is 3. The molecule has 0 fully saturated rings. The summed E-state index contributed by atoms with van der Waals surface area (Å²) in [6.45, 7) is 6.30. The number of hydrogen-bond acceptors (Lipinski definition) is 6. The molecule has 2 heterocycles. The van der Waals surface area contributed by atoms with E-state index in [0.29, 0.717) is 35.3 Å². The number of benzene rings is 3. The largest absolute Gasteiger partial charge is 0.493 e. The highest BCUT2D eigenvalue weighted by atomic mass is 16.5. The Morgan fingerprint density at radius 3 is 2.57 bits per heavy atom. The SMILES string of the molecule is COc1cc([C@H]2C(C(=O)Nc3ccccc3C)=C(C)Nc3ncnn32)ccc1OCc1ccc(C)cc1. The van der Waals surface area contributed by atoms with Crippen LogP contribution in [0, 0.1) is 13.8 Å². The molecular weight excluding hydrogens is 466 g/mol. The van der Waals surface area contributed by atoms with Crippen molar-refractivity contribution in [1.82, 2.24) is 14.8 Å². The van der Waals surface area contributed by atoms with E-state index < -0.39 is 6.04 Å². The average molecular weight is 496 g/mol. The van der Waals surface area contributed by atoms with Gasteiger partial charge in [0, 0.05) is 11.4 Å². The van der Waals surface area contributed by atoms with E-state index in [1.54, 1.807) is 11.8 Å². The van der Waals surface area contributed by atoms with E-state index in [-0.39, 0.29) is 5.91 Å². The van der Waals surface area contributed by atoms with Crippen molar-refractivity contribution in [3.05, 3.63) is 107 Å². The molecule has 3 aromatic carbocycles. The van der Waals surface area contributed by atoms with Gasteiger partial charge in [0.05, 0.1) is 12.7 Å². The van der Waals surface area contributed by atoms with Crippen LogP contribution in [0.3, 0.4) is 0 Å².